The Morgan fingerprint density at radius 2 is 1.19 bits per heavy atom. The summed E-state index contributed by atoms with van der Waals surface area (Å²) >= 11 is 0. The van der Waals surface area contributed by atoms with Crippen molar-refractivity contribution < 1.29 is 10.2 Å². The molecule has 0 aliphatic carbocycles. The minimum atomic E-state index is 0.235. The van der Waals surface area contributed by atoms with Crippen molar-refractivity contribution in [3.05, 3.63) is 35.9 Å². The molecule has 0 fully saturated rings. The second-order valence-electron chi connectivity index (χ2n) is 9.24. The van der Waals surface area contributed by atoms with Crippen molar-refractivity contribution in [2.24, 2.45) is 4.99 Å². The first-order valence-corrected chi connectivity index (χ1v) is 13.2. The fourth-order valence-electron chi connectivity index (χ4n) is 4.37. The second kappa shape index (κ2) is 16.6. The first kappa shape index (κ1) is 26.2. The number of aliphatic imine (C=N–C) groups is 1. The SMILES string of the molecule is CCCCCCCCCCCCCCCCCCN=Cc1c(O)ccc2cc(O)ccc12. The van der Waals surface area contributed by atoms with E-state index in [9.17, 15) is 10.2 Å². The molecule has 0 radical (unpaired) electrons. The lowest BCUT2D eigenvalue weighted by atomic mass is 10.0. The molecule has 0 amide bonds. The summed E-state index contributed by atoms with van der Waals surface area (Å²) in [5.74, 6) is 0.471. The lowest BCUT2D eigenvalue weighted by Crippen LogP contribution is -1.89. The third-order valence-corrected chi connectivity index (χ3v) is 6.38. The molecule has 0 aromatic heterocycles. The predicted molar refractivity (Wildman–Crippen MR) is 139 cm³/mol. The Morgan fingerprint density at radius 3 is 1.75 bits per heavy atom. The first-order valence-electron chi connectivity index (χ1n) is 13.2. The van der Waals surface area contributed by atoms with Crippen LogP contribution in [0.25, 0.3) is 10.8 Å². The van der Waals surface area contributed by atoms with Crippen LogP contribution in [0.5, 0.6) is 11.5 Å². The number of unbranched alkanes of at least 4 members (excludes halogenated alkanes) is 15. The molecule has 0 bridgehead atoms. The first-order chi connectivity index (χ1) is 15.7. The van der Waals surface area contributed by atoms with Crippen molar-refractivity contribution in [3.8, 4) is 11.5 Å². The Bertz CT molecular complexity index is 784. The minimum absolute atomic E-state index is 0.235. The Balaban J connectivity index is 1.45. The number of nitrogens with zero attached hydrogens (tertiary/aromatic N) is 1. The van der Waals surface area contributed by atoms with E-state index >= 15 is 0 Å². The van der Waals surface area contributed by atoms with Crippen LogP contribution in [0.4, 0.5) is 0 Å². The summed E-state index contributed by atoms with van der Waals surface area (Å²) in [5, 5.41) is 21.6. The molecule has 32 heavy (non-hydrogen) atoms. The Kier molecular flexibility index (Phi) is 13.6. The van der Waals surface area contributed by atoms with Crippen LogP contribution in [0.3, 0.4) is 0 Å². The maximum atomic E-state index is 10.2. The number of rotatable bonds is 18. The Labute approximate surface area is 196 Å². The zero-order chi connectivity index (χ0) is 22.9. The molecule has 178 valence electrons. The fourth-order valence-corrected chi connectivity index (χ4v) is 4.37. The Hall–Kier alpha value is -2.03. The van der Waals surface area contributed by atoms with Gasteiger partial charge in [0.25, 0.3) is 0 Å². The molecule has 2 aromatic rings. The van der Waals surface area contributed by atoms with E-state index in [4.69, 9.17) is 0 Å². The van der Waals surface area contributed by atoms with Crippen molar-refractivity contribution in [1.29, 1.82) is 0 Å². The van der Waals surface area contributed by atoms with Gasteiger partial charge in [-0.3, -0.25) is 4.99 Å². The zero-order valence-corrected chi connectivity index (χ0v) is 20.3. The molecular weight excluding hydrogens is 394 g/mol. The summed E-state index contributed by atoms with van der Waals surface area (Å²) in [6.45, 7) is 3.08. The van der Waals surface area contributed by atoms with Crippen LogP contribution in [0.1, 0.15) is 115 Å². The molecule has 0 aliphatic heterocycles. The van der Waals surface area contributed by atoms with Gasteiger partial charge in [0.2, 0.25) is 0 Å². The van der Waals surface area contributed by atoms with E-state index in [0.29, 0.717) is 0 Å². The van der Waals surface area contributed by atoms with E-state index in [1.165, 1.54) is 96.3 Å². The third kappa shape index (κ3) is 10.5. The quantitative estimate of drug-likeness (QED) is 0.180. The number of benzene rings is 2. The highest BCUT2D eigenvalue weighted by Gasteiger charge is 2.05. The zero-order valence-electron chi connectivity index (χ0n) is 20.3. The predicted octanol–water partition coefficient (Wildman–Crippen LogP) is 8.93. The van der Waals surface area contributed by atoms with Crippen molar-refractivity contribution in [2.45, 2.75) is 110 Å². The van der Waals surface area contributed by atoms with Gasteiger partial charge in [0.15, 0.2) is 0 Å². The summed E-state index contributed by atoms with van der Waals surface area (Å²) in [5.41, 5.74) is 0.735. The highest BCUT2D eigenvalue weighted by Crippen LogP contribution is 2.28. The molecule has 3 heteroatoms. The lowest BCUT2D eigenvalue weighted by molar-refractivity contribution is 0.473. The fraction of sp³-hybridized carbons (Fsp3) is 0.621. The highest BCUT2D eigenvalue weighted by atomic mass is 16.3. The topological polar surface area (TPSA) is 52.8 Å². The van der Waals surface area contributed by atoms with Gasteiger partial charge in [-0.1, -0.05) is 109 Å². The van der Waals surface area contributed by atoms with E-state index < -0.39 is 0 Å². The van der Waals surface area contributed by atoms with Crippen LogP contribution >= 0.6 is 0 Å². The van der Waals surface area contributed by atoms with Crippen LogP contribution < -0.4 is 0 Å². The summed E-state index contributed by atoms with van der Waals surface area (Å²) in [6, 6.07) is 8.67. The monoisotopic (exact) mass is 439 g/mol. The maximum absolute atomic E-state index is 10.2. The van der Waals surface area contributed by atoms with Gasteiger partial charge >= 0.3 is 0 Å². The van der Waals surface area contributed by atoms with Gasteiger partial charge in [0, 0.05) is 18.3 Å². The molecule has 0 heterocycles. The van der Waals surface area contributed by atoms with E-state index in [0.717, 1.165) is 29.3 Å². The number of hydrogen-bond acceptors (Lipinski definition) is 3. The summed E-state index contributed by atoms with van der Waals surface area (Å²) in [4.78, 5) is 4.53. The number of phenolic OH excluding ortho intramolecular Hbond substituents is 2. The number of hydrogen-bond donors (Lipinski definition) is 2. The van der Waals surface area contributed by atoms with Gasteiger partial charge in [-0.15, -0.1) is 0 Å². The van der Waals surface area contributed by atoms with E-state index in [1.807, 2.05) is 12.1 Å². The number of aromatic hydroxyl groups is 2. The van der Waals surface area contributed by atoms with E-state index in [-0.39, 0.29) is 11.5 Å². The highest BCUT2D eigenvalue weighted by molar-refractivity contribution is 6.02. The van der Waals surface area contributed by atoms with Gasteiger partial charge in [0.1, 0.15) is 11.5 Å². The molecule has 0 saturated carbocycles. The summed E-state index contributed by atoms with van der Waals surface area (Å²) in [6.07, 6.45) is 23.7. The minimum Gasteiger partial charge on any atom is -0.508 e. The molecule has 0 unspecified atom stereocenters. The van der Waals surface area contributed by atoms with Crippen molar-refractivity contribution >= 4 is 17.0 Å². The summed E-state index contributed by atoms with van der Waals surface area (Å²) < 4.78 is 0. The molecule has 0 atom stereocenters. The van der Waals surface area contributed by atoms with Crippen LogP contribution in [0.15, 0.2) is 35.3 Å². The largest absolute Gasteiger partial charge is 0.508 e. The summed E-state index contributed by atoms with van der Waals surface area (Å²) in [7, 11) is 0. The molecule has 3 nitrogen and oxygen atoms in total. The van der Waals surface area contributed by atoms with Crippen molar-refractivity contribution in [3.63, 3.8) is 0 Å². The van der Waals surface area contributed by atoms with Crippen LogP contribution in [0.2, 0.25) is 0 Å². The third-order valence-electron chi connectivity index (χ3n) is 6.38. The van der Waals surface area contributed by atoms with Crippen LogP contribution in [-0.4, -0.2) is 23.0 Å². The smallest absolute Gasteiger partial charge is 0.124 e. The van der Waals surface area contributed by atoms with Crippen LogP contribution in [0, 0.1) is 0 Å². The van der Waals surface area contributed by atoms with Gasteiger partial charge < -0.3 is 10.2 Å². The molecule has 2 rings (SSSR count). The maximum Gasteiger partial charge on any atom is 0.124 e. The van der Waals surface area contributed by atoms with Gasteiger partial charge in [-0.2, -0.15) is 0 Å². The van der Waals surface area contributed by atoms with E-state index in [1.54, 1.807) is 24.4 Å². The van der Waals surface area contributed by atoms with Crippen molar-refractivity contribution in [1.82, 2.24) is 0 Å². The number of fused-ring (bicyclic) bond motifs is 1. The number of phenols is 2. The van der Waals surface area contributed by atoms with Gasteiger partial charge in [-0.05, 0) is 41.5 Å². The van der Waals surface area contributed by atoms with Crippen LogP contribution in [-0.2, 0) is 0 Å². The van der Waals surface area contributed by atoms with Gasteiger partial charge in [-0.25, -0.2) is 0 Å². The molecular formula is C29H45NO2. The molecule has 2 aromatic carbocycles. The molecule has 2 N–H and O–H groups in total. The average Bonchev–Trinajstić information content (AvgIpc) is 2.79. The average molecular weight is 440 g/mol. The second-order valence-corrected chi connectivity index (χ2v) is 9.24. The van der Waals surface area contributed by atoms with Gasteiger partial charge in [0.05, 0.1) is 0 Å². The normalized spacial score (nSPS) is 11.7. The van der Waals surface area contributed by atoms with Crippen molar-refractivity contribution in [2.75, 3.05) is 6.54 Å². The lowest BCUT2D eigenvalue weighted by Gasteiger charge is -2.05. The molecule has 0 aliphatic rings. The Morgan fingerprint density at radius 1 is 0.656 bits per heavy atom. The molecule has 0 saturated heterocycles. The van der Waals surface area contributed by atoms with E-state index in [2.05, 4.69) is 11.9 Å². The molecule has 0 spiro atoms. The standard InChI is InChI=1S/C29H45NO2/c1-2-3-4-5-6-7-8-9-10-11-12-13-14-15-16-17-22-30-24-28-27-20-19-26(31)23-25(27)18-21-29(28)32/h18-21,23-24,31-32H,2-17,22H2,1H3.